The summed E-state index contributed by atoms with van der Waals surface area (Å²) in [7, 11) is 0. The van der Waals surface area contributed by atoms with Crippen molar-refractivity contribution in [1.29, 1.82) is 0 Å². The molecule has 1 N–H and O–H groups in total. The van der Waals surface area contributed by atoms with E-state index in [1.54, 1.807) is 66.2 Å². The van der Waals surface area contributed by atoms with Gasteiger partial charge >= 0.3 is 18.0 Å². The third-order valence-corrected chi connectivity index (χ3v) is 6.24. The molecule has 0 saturated carbocycles. The summed E-state index contributed by atoms with van der Waals surface area (Å²) in [6, 6.07) is -1.01. The summed E-state index contributed by atoms with van der Waals surface area (Å²) in [6.07, 6.45) is -0.649. The fourth-order valence-electron chi connectivity index (χ4n) is 3.08. The van der Waals surface area contributed by atoms with Gasteiger partial charge in [0.15, 0.2) is 5.69 Å². The lowest BCUT2D eigenvalue weighted by Crippen LogP contribution is -2.47. The first-order valence-corrected chi connectivity index (χ1v) is 13.7. The number of carbonyl (C=O) groups excluding carboxylic acids is 3. The molecule has 13 heteroatoms. The van der Waals surface area contributed by atoms with Gasteiger partial charge in [-0.1, -0.05) is 0 Å². The van der Waals surface area contributed by atoms with Crippen molar-refractivity contribution in [2.45, 2.75) is 79.1 Å². The maximum absolute atomic E-state index is 12.9. The highest BCUT2D eigenvalue weighted by atomic mass is 32.1. The molecule has 11 nitrogen and oxygen atoms in total. The summed E-state index contributed by atoms with van der Waals surface area (Å²) in [4.78, 5) is 50.6. The first-order valence-electron chi connectivity index (χ1n) is 11.9. The number of ether oxygens (including phenoxy) is 3. The highest BCUT2D eigenvalue weighted by molar-refractivity contribution is 7.13. The molecule has 38 heavy (non-hydrogen) atoms. The summed E-state index contributed by atoms with van der Waals surface area (Å²) >= 11 is 2.54. The van der Waals surface area contributed by atoms with E-state index in [0.29, 0.717) is 27.2 Å². The van der Waals surface area contributed by atoms with E-state index in [2.05, 4.69) is 20.3 Å². The van der Waals surface area contributed by atoms with Crippen LogP contribution in [0.15, 0.2) is 15.2 Å². The van der Waals surface area contributed by atoms with Gasteiger partial charge in [-0.15, -0.1) is 22.7 Å². The number of nitrogens with one attached hydrogen (secondary N) is 1. The molecule has 3 aromatic heterocycles. The second-order valence-electron chi connectivity index (χ2n) is 10.2. The number of aromatic nitrogens is 3. The lowest BCUT2D eigenvalue weighted by atomic mass is 10.1. The lowest BCUT2D eigenvalue weighted by Gasteiger charge is -2.25. The molecule has 0 spiro atoms. The van der Waals surface area contributed by atoms with Crippen LogP contribution in [0.1, 0.15) is 69.7 Å². The SMILES string of the molecule is CCOC(=O)c1csc(-c2nc(-c3csc(C[C@H](NC(=O)OC(C)(C)C)C(=O)OC(C)(C)C)n3)oc2C)n1. The Morgan fingerprint density at radius 3 is 2.32 bits per heavy atom. The number of alkyl carbamates (subject to hydrolysis) is 1. The molecule has 0 aliphatic rings. The first-order chi connectivity index (χ1) is 17.6. The van der Waals surface area contributed by atoms with E-state index < -0.39 is 35.3 Å². The number of hydrogen-bond donors (Lipinski definition) is 1. The molecule has 3 aromatic rings. The maximum atomic E-state index is 12.9. The van der Waals surface area contributed by atoms with E-state index in [4.69, 9.17) is 18.6 Å². The topological polar surface area (TPSA) is 143 Å². The lowest BCUT2D eigenvalue weighted by molar-refractivity contribution is -0.157. The summed E-state index contributed by atoms with van der Waals surface area (Å²) < 4.78 is 21.6. The number of nitrogens with zero attached hydrogens (tertiary/aromatic N) is 3. The summed E-state index contributed by atoms with van der Waals surface area (Å²) in [6.45, 7) is 14.2. The Labute approximate surface area is 228 Å². The minimum atomic E-state index is -1.01. The fourth-order valence-corrected chi connectivity index (χ4v) is 4.72. The minimum absolute atomic E-state index is 0.0841. The highest BCUT2D eigenvalue weighted by Gasteiger charge is 2.30. The Bertz CT molecular complexity index is 1300. The Hall–Kier alpha value is -3.32. The highest BCUT2D eigenvalue weighted by Crippen LogP contribution is 2.31. The van der Waals surface area contributed by atoms with Crippen molar-refractivity contribution in [2.24, 2.45) is 0 Å². The predicted octanol–water partition coefficient (Wildman–Crippen LogP) is 5.18. The van der Waals surface area contributed by atoms with Crippen LogP contribution in [0, 0.1) is 6.92 Å². The summed E-state index contributed by atoms with van der Waals surface area (Å²) in [5.41, 5.74) is -0.313. The van der Waals surface area contributed by atoms with E-state index in [1.807, 2.05) is 0 Å². The number of oxazole rings is 1. The van der Waals surface area contributed by atoms with Gasteiger partial charge < -0.3 is 23.9 Å². The van der Waals surface area contributed by atoms with Gasteiger partial charge in [-0.2, -0.15) is 0 Å². The quantitative estimate of drug-likeness (QED) is 0.287. The van der Waals surface area contributed by atoms with E-state index in [0.717, 1.165) is 0 Å². The zero-order valence-electron chi connectivity index (χ0n) is 22.7. The molecular weight excluding hydrogens is 532 g/mol. The molecule has 0 unspecified atom stereocenters. The zero-order chi connectivity index (χ0) is 28.3. The van der Waals surface area contributed by atoms with Crippen LogP contribution in [0.5, 0.6) is 0 Å². The molecule has 0 bridgehead atoms. The van der Waals surface area contributed by atoms with Crippen LogP contribution in [0.2, 0.25) is 0 Å². The van der Waals surface area contributed by atoms with Crippen LogP contribution in [0.3, 0.4) is 0 Å². The van der Waals surface area contributed by atoms with Gasteiger partial charge in [0.2, 0.25) is 5.89 Å². The van der Waals surface area contributed by atoms with Crippen LogP contribution in [0.4, 0.5) is 4.79 Å². The van der Waals surface area contributed by atoms with Crippen LogP contribution in [-0.4, -0.2) is 56.8 Å². The molecule has 0 aliphatic heterocycles. The Balaban J connectivity index is 1.79. The Morgan fingerprint density at radius 2 is 1.68 bits per heavy atom. The average Bonchev–Trinajstić information content (AvgIpc) is 3.50. The van der Waals surface area contributed by atoms with Gasteiger partial charge in [0.25, 0.3) is 0 Å². The van der Waals surface area contributed by atoms with Gasteiger partial charge in [-0.05, 0) is 55.4 Å². The Kier molecular flexibility index (Phi) is 8.93. The van der Waals surface area contributed by atoms with Crippen molar-refractivity contribution >= 4 is 40.7 Å². The minimum Gasteiger partial charge on any atom is -0.461 e. The van der Waals surface area contributed by atoms with Crippen molar-refractivity contribution in [1.82, 2.24) is 20.3 Å². The van der Waals surface area contributed by atoms with Crippen molar-refractivity contribution in [3.8, 4) is 22.3 Å². The van der Waals surface area contributed by atoms with Crippen LogP contribution in [0.25, 0.3) is 22.3 Å². The van der Waals surface area contributed by atoms with Crippen molar-refractivity contribution in [3.05, 3.63) is 27.2 Å². The van der Waals surface area contributed by atoms with E-state index >= 15 is 0 Å². The number of aryl methyl sites for hydroxylation is 1. The molecule has 206 valence electrons. The smallest absolute Gasteiger partial charge is 0.408 e. The predicted molar refractivity (Wildman–Crippen MR) is 142 cm³/mol. The monoisotopic (exact) mass is 564 g/mol. The molecule has 1 atom stereocenters. The van der Waals surface area contributed by atoms with Gasteiger partial charge in [0, 0.05) is 17.2 Å². The molecule has 0 fully saturated rings. The number of hydrogen-bond acceptors (Lipinski definition) is 12. The number of carbonyl (C=O) groups is 3. The molecule has 3 rings (SSSR count). The molecule has 0 saturated heterocycles. The van der Waals surface area contributed by atoms with Gasteiger partial charge in [0.1, 0.15) is 39.4 Å². The Morgan fingerprint density at radius 1 is 1.00 bits per heavy atom. The second kappa shape index (κ2) is 11.6. The standard InChI is InChI=1S/C25H32N4O7S2/c1-9-33-21(30)16-12-38-20(27-16)18-13(2)34-19(29-18)15-11-37-17(26-15)10-14(22(31)35-24(3,4)5)28-23(32)36-25(6,7)8/h11-12,14H,9-10H2,1-8H3,(H,28,32)/t14-/m0/s1. The number of thiazole rings is 2. The van der Waals surface area contributed by atoms with E-state index in [9.17, 15) is 14.4 Å². The van der Waals surface area contributed by atoms with Gasteiger partial charge in [0.05, 0.1) is 11.6 Å². The molecule has 0 aromatic carbocycles. The zero-order valence-corrected chi connectivity index (χ0v) is 24.3. The van der Waals surface area contributed by atoms with Gasteiger partial charge in [-0.25, -0.2) is 29.3 Å². The number of esters is 2. The van der Waals surface area contributed by atoms with Crippen LogP contribution >= 0.6 is 22.7 Å². The van der Waals surface area contributed by atoms with Crippen LogP contribution < -0.4 is 5.32 Å². The van der Waals surface area contributed by atoms with Crippen molar-refractivity contribution in [2.75, 3.05) is 6.61 Å². The van der Waals surface area contributed by atoms with Crippen LogP contribution in [-0.2, 0) is 25.4 Å². The molecule has 0 aliphatic carbocycles. The number of amides is 1. The average molecular weight is 565 g/mol. The van der Waals surface area contributed by atoms with Gasteiger partial charge in [-0.3, -0.25) is 0 Å². The van der Waals surface area contributed by atoms with E-state index in [-0.39, 0.29) is 24.6 Å². The van der Waals surface area contributed by atoms with E-state index in [1.165, 1.54) is 22.7 Å². The number of rotatable bonds is 8. The van der Waals surface area contributed by atoms with Crippen molar-refractivity contribution in [3.63, 3.8) is 0 Å². The molecule has 1 amide bonds. The largest absolute Gasteiger partial charge is 0.461 e. The first kappa shape index (κ1) is 29.2. The van der Waals surface area contributed by atoms with Crippen molar-refractivity contribution < 1.29 is 33.0 Å². The molecule has 3 heterocycles. The molecule has 0 radical (unpaired) electrons. The summed E-state index contributed by atoms with van der Waals surface area (Å²) in [5.74, 6) is -0.324. The second-order valence-corrected chi connectivity index (χ2v) is 12.0. The normalized spacial score (nSPS) is 12.6. The fraction of sp³-hybridized carbons (Fsp3) is 0.520. The molecular formula is C25H32N4O7S2. The maximum Gasteiger partial charge on any atom is 0.408 e. The summed E-state index contributed by atoms with van der Waals surface area (Å²) in [5, 5.41) is 7.02. The third-order valence-electron chi connectivity index (χ3n) is 4.52. The third kappa shape index (κ3) is 8.09.